The largest absolute Gasteiger partial charge is 0.497 e. The maximum absolute atomic E-state index is 12.5. The molecule has 3 rings (SSSR count). The summed E-state index contributed by atoms with van der Waals surface area (Å²) < 4.78 is 41.9. The summed E-state index contributed by atoms with van der Waals surface area (Å²) >= 11 is 0. The van der Waals surface area contributed by atoms with Crippen LogP contribution in [0, 0.1) is 0 Å². The summed E-state index contributed by atoms with van der Waals surface area (Å²) in [4.78, 5) is 24.5. The van der Waals surface area contributed by atoms with Gasteiger partial charge in [-0.3, -0.25) is 4.79 Å². The Balaban J connectivity index is 1.57. The predicted octanol–water partition coefficient (Wildman–Crippen LogP) is 2.93. The molecule has 8 nitrogen and oxygen atoms in total. The molecular weight excluding hydrogens is 434 g/mol. The van der Waals surface area contributed by atoms with E-state index in [0.717, 1.165) is 12.8 Å². The van der Waals surface area contributed by atoms with Gasteiger partial charge in [-0.05, 0) is 55.3 Å². The number of carbonyl (C=O) groups is 2. The molecule has 32 heavy (non-hydrogen) atoms. The lowest BCUT2D eigenvalue weighted by molar-refractivity contribution is -0.136. The van der Waals surface area contributed by atoms with Gasteiger partial charge in [0.15, 0.2) is 12.4 Å². The second kappa shape index (κ2) is 10.4. The highest BCUT2D eigenvalue weighted by Gasteiger charge is 2.27. The number of Topliss-reactive ketones (excluding diaryl/α,β-unsaturated/α-hetero) is 1. The van der Waals surface area contributed by atoms with Gasteiger partial charge in [-0.15, -0.1) is 0 Å². The van der Waals surface area contributed by atoms with Crippen LogP contribution in [0.4, 0.5) is 0 Å². The minimum absolute atomic E-state index is 0.143. The topological polar surface area (TPSA) is 99.2 Å². The van der Waals surface area contributed by atoms with Crippen LogP contribution in [0.5, 0.6) is 11.5 Å². The van der Waals surface area contributed by atoms with Crippen molar-refractivity contribution in [1.29, 1.82) is 0 Å². The van der Waals surface area contributed by atoms with Crippen LogP contribution in [0.2, 0.25) is 0 Å². The summed E-state index contributed by atoms with van der Waals surface area (Å²) in [5.74, 6) is 0.0169. The van der Waals surface area contributed by atoms with E-state index in [9.17, 15) is 18.0 Å². The van der Waals surface area contributed by atoms with E-state index in [2.05, 4.69) is 0 Å². The number of ketones is 1. The van der Waals surface area contributed by atoms with Crippen molar-refractivity contribution in [3.8, 4) is 11.5 Å². The van der Waals surface area contributed by atoms with Crippen LogP contribution in [0.15, 0.2) is 53.4 Å². The van der Waals surface area contributed by atoms with Crippen LogP contribution in [-0.4, -0.2) is 58.4 Å². The van der Waals surface area contributed by atoms with Crippen LogP contribution < -0.4 is 9.47 Å². The number of rotatable bonds is 9. The fraction of sp³-hybridized carbons (Fsp3) is 0.304. The molecule has 0 amide bonds. The number of sulfonamides is 1. The molecule has 0 saturated carbocycles. The first-order chi connectivity index (χ1) is 15.3. The average Bonchev–Trinajstić information content (AvgIpc) is 3.37. The Bertz CT molecular complexity index is 1100. The molecule has 2 aromatic carbocycles. The fourth-order valence-corrected chi connectivity index (χ4v) is 4.79. The summed E-state index contributed by atoms with van der Waals surface area (Å²) in [6, 6.07) is 10.8. The minimum Gasteiger partial charge on any atom is -0.497 e. The highest BCUT2D eigenvalue weighted by molar-refractivity contribution is 7.89. The first-order valence-corrected chi connectivity index (χ1v) is 11.5. The number of ether oxygens (including phenoxy) is 3. The molecular formula is C23H25NO7S. The highest BCUT2D eigenvalue weighted by Crippen LogP contribution is 2.25. The van der Waals surface area contributed by atoms with Crippen molar-refractivity contribution in [2.75, 3.05) is 33.9 Å². The summed E-state index contributed by atoms with van der Waals surface area (Å²) in [6.07, 6.45) is 4.41. The van der Waals surface area contributed by atoms with Gasteiger partial charge in [0, 0.05) is 36.4 Å². The van der Waals surface area contributed by atoms with Crippen molar-refractivity contribution in [3.63, 3.8) is 0 Å². The van der Waals surface area contributed by atoms with Gasteiger partial charge < -0.3 is 14.2 Å². The molecule has 0 aliphatic carbocycles. The molecule has 1 fully saturated rings. The van der Waals surface area contributed by atoms with Crippen molar-refractivity contribution in [2.45, 2.75) is 17.7 Å². The first-order valence-electron chi connectivity index (χ1n) is 10.1. The summed E-state index contributed by atoms with van der Waals surface area (Å²) in [6.45, 7) is 0.560. The van der Waals surface area contributed by atoms with Crippen LogP contribution in [0.1, 0.15) is 28.8 Å². The van der Waals surface area contributed by atoms with Gasteiger partial charge in [-0.1, -0.05) is 0 Å². The SMILES string of the molecule is COc1ccc(/C=C/C(=O)OCC(=O)c2ccc(S(=O)(=O)N3CCCC3)cc2)c(OC)c1. The Kier molecular flexibility index (Phi) is 7.66. The van der Waals surface area contributed by atoms with E-state index in [4.69, 9.17) is 14.2 Å². The number of esters is 1. The minimum atomic E-state index is -3.54. The maximum Gasteiger partial charge on any atom is 0.331 e. The van der Waals surface area contributed by atoms with Gasteiger partial charge in [0.05, 0.1) is 19.1 Å². The lowest BCUT2D eigenvalue weighted by Gasteiger charge is -2.15. The standard InChI is InChI=1S/C23H25NO7S/c1-29-19-9-5-18(22(15-19)30-2)8-12-23(26)31-16-21(25)17-6-10-20(11-7-17)32(27,28)24-13-3-4-14-24/h5-12,15H,3-4,13-14,16H2,1-2H3/b12-8+. The molecule has 0 unspecified atom stereocenters. The Morgan fingerprint density at radius 3 is 2.31 bits per heavy atom. The molecule has 0 radical (unpaired) electrons. The zero-order valence-corrected chi connectivity index (χ0v) is 18.8. The maximum atomic E-state index is 12.5. The molecule has 1 aliphatic rings. The molecule has 0 atom stereocenters. The number of benzene rings is 2. The zero-order valence-electron chi connectivity index (χ0n) is 17.9. The van der Waals surface area contributed by atoms with Crippen LogP contribution in [0.25, 0.3) is 6.08 Å². The van der Waals surface area contributed by atoms with E-state index < -0.39 is 28.4 Å². The van der Waals surface area contributed by atoms with Crippen molar-refractivity contribution < 1.29 is 32.2 Å². The van der Waals surface area contributed by atoms with Gasteiger partial charge in [-0.25, -0.2) is 13.2 Å². The van der Waals surface area contributed by atoms with Gasteiger partial charge in [0.25, 0.3) is 0 Å². The Hall–Kier alpha value is -3.17. The normalized spacial score (nSPS) is 14.4. The van der Waals surface area contributed by atoms with E-state index in [1.165, 1.54) is 47.8 Å². The number of hydrogen-bond acceptors (Lipinski definition) is 7. The van der Waals surface area contributed by atoms with Gasteiger partial charge in [0.2, 0.25) is 10.0 Å². The smallest absolute Gasteiger partial charge is 0.331 e. The van der Waals surface area contributed by atoms with Gasteiger partial charge in [0.1, 0.15) is 11.5 Å². The lowest BCUT2D eigenvalue weighted by Crippen LogP contribution is -2.27. The second-order valence-corrected chi connectivity index (χ2v) is 9.05. The van der Waals surface area contributed by atoms with Crippen molar-refractivity contribution in [2.24, 2.45) is 0 Å². The number of methoxy groups -OCH3 is 2. The van der Waals surface area contributed by atoms with Crippen LogP contribution in [-0.2, 0) is 19.6 Å². The third kappa shape index (κ3) is 5.54. The molecule has 0 bridgehead atoms. The number of carbonyl (C=O) groups excluding carboxylic acids is 2. The quantitative estimate of drug-likeness (QED) is 0.323. The van der Waals surface area contributed by atoms with Crippen LogP contribution >= 0.6 is 0 Å². The van der Waals surface area contributed by atoms with E-state index in [1.54, 1.807) is 25.3 Å². The molecule has 0 spiro atoms. The molecule has 0 aromatic heterocycles. The van der Waals surface area contributed by atoms with Crippen molar-refractivity contribution in [3.05, 3.63) is 59.7 Å². The molecule has 2 aromatic rings. The van der Waals surface area contributed by atoms with E-state index in [0.29, 0.717) is 30.2 Å². The molecule has 1 aliphatic heterocycles. The number of hydrogen-bond donors (Lipinski definition) is 0. The van der Waals surface area contributed by atoms with E-state index in [-0.39, 0.29) is 10.5 Å². The highest BCUT2D eigenvalue weighted by atomic mass is 32.2. The first kappa shape index (κ1) is 23.5. The van der Waals surface area contributed by atoms with Crippen molar-refractivity contribution in [1.82, 2.24) is 4.31 Å². The Morgan fingerprint density at radius 1 is 1.00 bits per heavy atom. The van der Waals surface area contributed by atoms with Gasteiger partial charge >= 0.3 is 5.97 Å². The zero-order chi connectivity index (χ0) is 23.1. The third-order valence-corrected chi connectivity index (χ3v) is 6.98. The molecule has 9 heteroatoms. The van der Waals surface area contributed by atoms with E-state index >= 15 is 0 Å². The predicted molar refractivity (Wildman–Crippen MR) is 118 cm³/mol. The fourth-order valence-electron chi connectivity index (χ4n) is 3.27. The average molecular weight is 460 g/mol. The monoisotopic (exact) mass is 459 g/mol. The summed E-state index contributed by atoms with van der Waals surface area (Å²) in [5, 5.41) is 0. The molecule has 0 N–H and O–H groups in total. The lowest BCUT2D eigenvalue weighted by atomic mass is 10.1. The molecule has 1 heterocycles. The van der Waals surface area contributed by atoms with Gasteiger partial charge in [-0.2, -0.15) is 4.31 Å². The summed E-state index contributed by atoms with van der Waals surface area (Å²) in [5.41, 5.74) is 0.908. The van der Waals surface area contributed by atoms with E-state index in [1.807, 2.05) is 0 Å². The Morgan fingerprint density at radius 2 is 1.69 bits per heavy atom. The number of nitrogens with zero attached hydrogens (tertiary/aromatic N) is 1. The Labute approximate surface area is 187 Å². The molecule has 170 valence electrons. The third-order valence-electron chi connectivity index (χ3n) is 5.06. The second-order valence-electron chi connectivity index (χ2n) is 7.11. The van der Waals surface area contributed by atoms with Crippen LogP contribution in [0.3, 0.4) is 0 Å². The molecule has 1 saturated heterocycles. The van der Waals surface area contributed by atoms with Crippen molar-refractivity contribution >= 4 is 27.9 Å². The summed E-state index contributed by atoms with van der Waals surface area (Å²) in [7, 11) is -0.496.